The van der Waals surface area contributed by atoms with Crippen molar-refractivity contribution in [2.45, 2.75) is 0 Å². The van der Waals surface area contributed by atoms with Gasteiger partial charge in [-0.1, -0.05) is 91.0 Å². The van der Waals surface area contributed by atoms with Gasteiger partial charge in [-0.05, 0) is 42.5 Å². The Morgan fingerprint density at radius 2 is 1.02 bits per heavy atom. The first-order valence-corrected chi connectivity index (χ1v) is 15.4. The Kier molecular flexibility index (Phi) is 4.60. The Morgan fingerprint density at radius 3 is 1.74 bits per heavy atom. The predicted octanol–water partition coefficient (Wildman–Crippen LogP) is 10.8. The molecule has 0 saturated carbocycles. The first-order valence-electron chi connectivity index (χ1n) is 14.6. The zero-order valence-corrected chi connectivity index (χ0v) is 23.8. The number of hydrogen-bond acceptors (Lipinski definition) is 2. The minimum absolute atomic E-state index is 1.01. The van der Waals surface area contributed by atoms with E-state index >= 15 is 0 Å². The summed E-state index contributed by atoms with van der Waals surface area (Å²) in [4.78, 5) is 4.99. The number of pyridine rings is 1. The summed E-state index contributed by atoms with van der Waals surface area (Å²) >= 11 is 1.81. The van der Waals surface area contributed by atoms with E-state index in [9.17, 15) is 0 Å². The smallest absolute Gasteiger partial charge is 0.0788 e. The minimum atomic E-state index is 1.01. The molecule has 4 aromatic heterocycles. The van der Waals surface area contributed by atoms with Crippen molar-refractivity contribution in [3.63, 3.8) is 0 Å². The van der Waals surface area contributed by atoms with Gasteiger partial charge in [0.05, 0.1) is 32.3 Å². The highest BCUT2D eigenvalue weighted by molar-refractivity contribution is 7.26. The molecule has 0 radical (unpaired) electrons. The second kappa shape index (κ2) is 8.54. The van der Waals surface area contributed by atoms with Crippen molar-refractivity contribution in [2.75, 3.05) is 0 Å². The van der Waals surface area contributed by atoms with E-state index in [1.807, 2.05) is 17.5 Å². The molecule has 10 rings (SSSR count). The van der Waals surface area contributed by atoms with Crippen LogP contribution in [-0.4, -0.2) is 14.1 Å². The lowest BCUT2D eigenvalue weighted by Gasteiger charge is -2.13. The fourth-order valence-electron chi connectivity index (χ4n) is 7.15. The van der Waals surface area contributed by atoms with Crippen LogP contribution in [0, 0.1) is 0 Å². The van der Waals surface area contributed by atoms with Crippen LogP contribution in [0.1, 0.15) is 0 Å². The van der Waals surface area contributed by atoms with Crippen LogP contribution in [0.5, 0.6) is 0 Å². The van der Waals surface area contributed by atoms with E-state index in [4.69, 9.17) is 4.98 Å². The fraction of sp³-hybridized carbons (Fsp3) is 0. The lowest BCUT2D eigenvalue weighted by atomic mass is 10.1. The third-order valence-electron chi connectivity index (χ3n) is 8.94. The van der Waals surface area contributed by atoms with Crippen molar-refractivity contribution in [1.29, 1.82) is 0 Å². The second-order valence-corrected chi connectivity index (χ2v) is 12.3. The third-order valence-corrected chi connectivity index (χ3v) is 10.0. The van der Waals surface area contributed by atoms with Crippen molar-refractivity contribution in [2.24, 2.45) is 0 Å². The van der Waals surface area contributed by atoms with Crippen LogP contribution < -0.4 is 0 Å². The van der Waals surface area contributed by atoms with Crippen LogP contribution in [0.2, 0.25) is 0 Å². The maximum Gasteiger partial charge on any atom is 0.0788 e. The average Bonchev–Trinajstić information content (AvgIpc) is 3.73. The van der Waals surface area contributed by atoms with Gasteiger partial charge in [-0.3, -0.25) is 4.98 Å². The van der Waals surface area contributed by atoms with E-state index in [1.54, 1.807) is 0 Å². The number of nitrogens with zero attached hydrogens (tertiary/aromatic N) is 3. The number of thiophene rings is 1. The third kappa shape index (κ3) is 3.10. The molecule has 4 heterocycles. The SMILES string of the molecule is c1ccc(-n2c3ccccc3c3ccc4c5ccccc5n(-c5ccc6c(c5)ncc5sc7ccccc7c56)c4c32)cc1. The van der Waals surface area contributed by atoms with Gasteiger partial charge >= 0.3 is 0 Å². The average molecular weight is 566 g/mol. The highest BCUT2D eigenvalue weighted by Gasteiger charge is 2.21. The van der Waals surface area contributed by atoms with Crippen LogP contribution in [0.25, 0.3) is 86.1 Å². The molecule has 200 valence electrons. The zero-order chi connectivity index (χ0) is 28.1. The van der Waals surface area contributed by atoms with Gasteiger partial charge in [0.2, 0.25) is 0 Å². The highest BCUT2D eigenvalue weighted by atomic mass is 32.1. The number of fused-ring (bicyclic) bond motifs is 12. The van der Waals surface area contributed by atoms with Gasteiger partial charge in [0.25, 0.3) is 0 Å². The highest BCUT2D eigenvalue weighted by Crippen LogP contribution is 2.43. The molecule has 0 unspecified atom stereocenters. The summed E-state index contributed by atoms with van der Waals surface area (Å²) in [7, 11) is 0. The largest absolute Gasteiger partial charge is 0.307 e. The Bertz CT molecular complexity index is 2730. The van der Waals surface area contributed by atoms with Crippen LogP contribution in [-0.2, 0) is 0 Å². The number of rotatable bonds is 2. The first kappa shape index (κ1) is 23.1. The lowest BCUT2D eigenvalue weighted by molar-refractivity contribution is 1.15. The van der Waals surface area contributed by atoms with E-state index in [0.717, 1.165) is 16.9 Å². The quantitative estimate of drug-likeness (QED) is 0.204. The summed E-state index contributed by atoms with van der Waals surface area (Å²) in [6.07, 6.45) is 2.05. The summed E-state index contributed by atoms with van der Waals surface area (Å²) in [6, 6.07) is 48.3. The zero-order valence-electron chi connectivity index (χ0n) is 23.0. The number of benzene rings is 6. The molecule has 43 heavy (non-hydrogen) atoms. The Labute approximate surface area is 250 Å². The molecule has 4 heteroatoms. The topological polar surface area (TPSA) is 22.8 Å². The van der Waals surface area contributed by atoms with Crippen molar-refractivity contribution < 1.29 is 0 Å². The molecular weight excluding hydrogens is 543 g/mol. The van der Waals surface area contributed by atoms with Crippen molar-refractivity contribution in [3.8, 4) is 11.4 Å². The maximum absolute atomic E-state index is 4.99. The fourth-order valence-corrected chi connectivity index (χ4v) is 8.24. The van der Waals surface area contributed by atoms with E-state index in [1.165, 1.54) is 69.2 Å². The van der Waals surface area contributed by atoms with Crippen molar-refractivity contribution >= 4 is 86.0 Å². The van der Waals surface area contributed by atoms with Gasteiger partial charge < -0.3 is 9.13 Å². The number of aromatic nitrogens is 3. The van der Waals surface area contributed by atoms with Gasteiger partial charge in [0, 0.05) is 60.0 Å². The van der Waals surface area contributed by atoms with E-state index in [-0.39, 0.29) is 0 Å². The van der Waals surface area contributed by atoms with E-state index in [2.05, 4.69) is 143 Å². The molecule has 6 aromatic carbocycles. The Morgan fingerprint density at radius 1 is 0.442 bits per heavy atom. The van der Waals surface area contributed by atoms with Crippen LogP contribution >= 0.6 is 11.3 Å². The van der Waals surface area contributed by atoms with Crippen LogP contribution in [0.4, 0.5) is 0 Å². The van der Waals surface area contributed by atoms with Gasteiger partial charge in [-0.15, -0.1) is 11.3 Å². The normalized spacial score (nSPS) is 12.2. The molecule has 0 bridgehead atoms. The molecular formula is C39H23N3S. The molecule has 3 nitrogen and oxygen atoms in total. The molecule has 0 aliphatic heterocycles. The Hall–Kier alpha value is -5.45. The summed E-state index contributed by atoms with van der Waals surface area (Å²) in [5.74, 6) is 0. The van der Waals surface area contributed by atoms with E-state index in [0.29, 0.717) is 0 Å². The van der Waals surface area contributed by atoms with Gasteiger partial charge in [0.1, 0.15) is 0 Å². The van der Waals surface area contributed by atoms with Crippen LogP contribution in [0.3, 0.4) is 0 Å². The standard InChI is InChI=1S/C39H23N3S/c1-2-10-24(11-3-1)41-33-15-7-4-12-26(33)28-20-21-29-27-13-5-8-16-34(27)42(39(29)38(28)41)25-18-19-30-32(22-25)40-23-36-37(30)31-14-6-9-17-35(31)43-36/h1-23H. The number of para-hydroxylation sites is 3. The van der Waals surface area contributed by atoms with Gasteiger partial charge in [-0.25, -0.2) is 0 Å². The predicted molar refractivity (Wildman–Crippen MR) is 183 cm³/mol. The summed E-state index contributed by atoms with van der Waals surface area (Å²) in [6.45, 7) is 0. The van der Waals surface area contributed by atoms with Crippen molar-refractivity contribution in [3.05, 3.63) is 140 Å². The summed E-state index contributed by atoms with van der Waals surface area (Å²) < 4.78 is 7.41. The summed E-state index contributed by atoms with van der Waals surface area (Å²) in [5.41, 5.74) is 8.10. The minimum Gasteiger partial charge on any atom is -0.307 e. The monoisotopic (exact) mass is 565 g/mol. The molecule has 0 aliphatic carbocycles. The molecule has 0 spiro atoms. The molecule has 0 saturated heterocycles. The molecule has 0 amide bonds. The first-order chi connectivity index (χ1) is 21.3. The van der Waals surface area contributed by atoms with Crippen molar-refractivity contribution in [1.82, 2.24) is 14.1 Å². The van der Waals surface area contributed by atoms with E-state index < -0.39 is 0 Å². The maximum atomic E-state index is 4.99. The molecule has 0 atom stereocenters. The molecule has 10 aromatic rings. The number of hydrogen-bond donors (Lipinski definition) is 0. The van der Waals surface area contributed by atoms with Gasteiger partial charge in [0.15, 0.2) is 0 Å². The molecule has 0 N–H and O–H groups in total. The molecule has 0 aliphatic rings. The lowest BCUT2D eigenvalue weighted by Crippen LogP contribution is -1.99. The Balaban J connectivity index is 1.37. The molecule has 0 fully saturated rings. The van der Waals surface area contributed by atoms with Gasteiger partial charge in [-0.2, -0.15) is 0 Å². The second-order valence-electron chi connectivity index (χ2n) is 11.2. The van der Waals surface area contributed by atoms with Crippen LogP contribution in [0.15, 0.2) is 140 Å². The summed E-state index contributed by atoms with van der Waals surface area (Å²) in [5, 5.41) is 8.79.